The van der Waals surface area contributed by atoms with E-state index in [4.69, 9.17) is 4.74 Å². The predicted molar refractivity (Wildman–Crippen MR) is 85.3 cm³/mol. The van der Waals surface area contributed by atoms with Crippen LogP contribution in [0.4, 0.5) is 4.39 Å². The fraction of sp³-hybridized carbons (Fsp3) is 0.111. The number of hydrogen-bond acceptors (Lipinski definition) is 3. The number of fused-ring (bicyclic) bond motifs is 1. The predicted octanol–water partition coefficient (Wildman–Crippen LogP) is 4.14. The molecule has 0 amide bonds. The number of carboxylic acid groups (broad SMARTS) is 1. The van der Waals surface area contributed by atoms with E-state index < -0.39 is 11.8 Å². The number of benzene rings is 2. The molecule has 5 heteroatoms. The van der Waals surface area contributed by atoms with Crippen LogP contribution in [0.15, 0.2) is 48.5 Å². The van der Waals surface area contributed by atoms with Crippen molar-refractivity contribution in [3.63, 3.8) is 0 Å². The molecule has 116 valence electrons. The minimum Gasteiger partial charge on any atom is -0.494 e. The Labute approximate surface area is 132 Å². The van der Waals surface area contributed by atoms with E-state index in [1.807, 2.05) is 6.92 Å². The number of hydrogen-bond donors (Lipinski definition) is 1. The van der Waals surface area contributed by atoms with Gasteiger partial charge in [0.1, 0.15) is 11.6 Å². The Morgan fingerprint density at radius 3 is 2.61 bits per heavy atom. The summed E-state index contributed by atoms with van der Waals surface area (Å²) in [6.07, 6.45) is 0. The molecule has 0 unspecified atom stereocenters. The minimum absolute atomic E-state index is 0.0229. The van der Waals surface area contributed by atoms with E-state index in [2.05, 4.69) is 4.98 Å². The van der Waals surface area contributed by atoms with E-state index in [1.54, 1.807) is 30.3 Å². The topological polar surface area (TPSA) is 59.4 Å². The van der Waals surface area contributed by atoms with Gasteiger partial charge < -0.3 is 9.84 Å². The van der Waals surface area contributed by atoms with Crippen molar-refractivity contribution in [2.45, 2.75) is 6.92 Å². The van der Waals surface area contributed by atoms with Gasteiger partial charge in [0.25, 0.3) is 0 Å². The zero-order valence-electron chi connectivity index (χ0n) is 12.4. The lowest BCUT2D eigenvalue weighted by Gasteiger charge is -2.09. The normalized spacial score (nSPS) is 10.7. The highest BCUT2D eigenvalue weighted by molar-refractivity contribution is 6.04. The van der Waals surface area contributed by atoms with Crippen molar-refractivity contribution in [2.24, 2.45) is 0 Å². The summed E-state index contributed by atoms with van der Waals surface area (Å²) in [7, 11) is 0. The number of carbonyl (C=O) groups is 1. The van der Waals surface area contributed by atoms with E-state index in [9.17, 15) is 14.3 Å². The molecule has 0 aliphatic rings. The maximum absolute atomic E-state index is 14.0. The zero-order chi connectivity index (χ0) is 16.4. The second kappa shape index (κ2) is 6.04. The Morgan fingerprint density at radius 2 is 1.96 bits per heavy atom. The number of aromatic nitrogens is 1. The monoisotopic (exact) mass is 311 g/mol. The summed E-state index contributed by atoms with van der Waals surface area (Å²) in [6.45, 7) is 2.46. The van der Waals surface area contributed by atoms with Gasteiger partial charge in [0.05, 0.1) is 28.8 Å². The Kier molecular flexibility index (Phi) is 3.93. The van der Waals surface area contributed by atoms with Crippen LogP contribution in [0.25, 0.3) is 22.2 Å². The third-order valence-corrected chi connectivity index (χ3v) is 3.47. The molecule has 1 aromatic heterocycles. The summed E-state index contributed by atoms with van der Waals surface area (Å²) in [5.41, 5.74) is 1.43. The molecule has 0 bridgehead atoms. The number of ether oxygens (including phenoxy) is 1. The molecule has 3 aromatic rings. The number of rotatable bonds is 4. The molecule has 1 N–H and O–H groups in total. The van der Waals surface area contributed by atoms with Crippen LogP contribution in [0.1, 0.15) is 17.3 Å². The van der Waals surface area contributed by atoms with Crippen LogP contribution in [0, 0.1) is 5.82 Å². The second-order valence-corrected chi connectivity index (χ2v) is 4.95. The lowest BCUT2D eigenvalue weighted by molar-refractivity contribution is 0.0698. The molecule has 0 spiro atoms. The first-order valence-corrected chi connectivity index (χ1v) is 7.16. The third-order valence-electron chi connectivity index (χ3n) is 3.47. The summed E-state index contributed by atoms with van der Waals surface area (Å²) >= 11 is 0. The van der Waals surface area contributed by atoms with E-state index in [0.29, 0.717) is 17.8 Å². The van der Waals surface area contributed by atoms with E-state index in [0.717, 1.165) is 11.3 Å². The lowest BCUT2D eigenvalue weighted by atomic mass is 10.0. The summed E-state index contributed by atoms with van der Waals surface area (Å²) in [5, 5.41) is 9.40. The van der Waals surface area contributed by atoms with Gasteiger partial charge in [-0.15, -0.1) is 0 Å². The standard InChI is InChI=1S/C18H14FNO3/c1-2-23-12-8-6-11(7-9-12)16-10-13(18(21)22)17-14(19)4-3-5-15(17)20-16/h3-10H,2H2,1H3,(H,21,22). The quantitative estimate of drug-likeness (QED) is 0.786. The molecule has 0 radical (unpaired) electrons. The Balaban J connectivity index is 2.16. The van der Waals surface area contributed by atoms with Crippen LogP contribution in [0.2, 0.25) is 0 Å². The van der Waals surface area contributed by atoms with Crippen LogP contribution in [-0.4, -0.2) is 22.7 Å². The Hall–Kier alpha value is -2.95. The smallest absolute Gasteiger partial charge is 0.336 e. The first-order valence-electron chi connectivity index (χ1n) is 7.16. The van der Waals surface area contributed by atoms with E-state index in [-0.39, 0.29) is 10.9 Å². The third kappa shape index (κ3) is 2.85. The molecule has 23 heavy (non-hydrogen) atoms. The molecule has 0 saturated heterocycles. The lowest BCUT2D eigenvalue weighted by Crippen LogP contribution is -2.02. The van der Waals surface area contributed by atoms with Gasteiger partial charge in [0, 0.05) is 5.56 Å². The molecule has 0 fully saturated rings. The van der Waals surface area contributed by atoms with Crippen molar-refractivity contribution < 1.29 is 19.0 Å². The highest BCUT2D eigenvalue weighted by atomic mass is 19.1. The molecule has 4 nitrogen and oxygen atoms in total. The molecular formula is C18H14FNO3. The second-order valence-electron chi connectivity index (χ2n) is 4.95. The fourth-order valence-electron chi connectivity index (χ4n) is 2.45. The van der Waals surface area contributed by atoms with Gasteiger partial charge in [0.15, 0.2) is 0 Å². The van der Waals surface area contributed by atoms with Crippen molar-refractivity contribution >= 4 is 16.9 Å². The zero-order valence-corrected chi connectivity index (χ0v) is 12.4. The van der Waals surface area contributed by atoms with Crippen molar-refractivity contribution in [1.29, 1.82) is 0 Å². The molecular weight excluding hydrogens is 297 g/mol. The van der Waals surface area contributed by atoms with Gasteiger partial charge in [0.2, 0.25) is 0 Å². The molecule has 2 aromatic carbocycles. The largest absolute Gasteiger partial charge is 0.494 e. The molecule has 1 heterocycles. The van der Waals surface area contributed by atoms with Gasteiger partial charge >= 0.3 is 5.97 Å². The van der Waals surface area contributed by atoms with Crippen LogP contribution in [-0.2, 0) is 0 Å². The molecule has 0 atom stereocenters. The van der Waals surface area contributed by atoms with Gasteiger partial charge in [-0.05, 0) is 49.4 Å². The van der Waals surface area contributed by atoms with Gasteiger partial charge in [-0.3, -0.25) is 0 Å². The van der Waals surface area contributed by atoms with Crippen molar-refractivity contribution in [1.82, 2.24) is 4.98 Å². The first kappa shape index (κ1) is 15.0. The van der Waals surface area contributed by atoms with Crippen molar-refractivity contribution in [3.05, 3.63) is 59.9 Å². The van der Waals surface area contributed by atoms with Crippen molar-refractivity contribution in [3.8, 4) is 17.0 Å². The molecule has 0 saturated carbocycles. The summed E-state index contributed by atoms with van der Waals surface area (Å²) < 4.78 is 19.3. The van der Waals surface area contributed by atoms with Crippen LogP contribution in [0.5, 0.6) is 5.75 Å². The minimum atomic E-state index is -1.19. The van der Waals surface area contributed by atoms with Crippen LogP contribution >= 0.6 is 0 Å². The summed E-state index contributed by atoms with van der Waals surface area (Å²) in [5.74, 6) is -1.05. The van der Waals surface area contributed by atoms with Crippen LogP contribution in [0.3, 0.4) is 0 Å². The van der Waals surface area contributed by atoms with Gasteiger partial charge in [-0.25, -0.2) is 14.2 Å². The highest BCUT2D eigenvalue weighted by Gasteiger charge is 2.16. The average Bonchev–Trinajstić information content (AvgIpc) is 2.55. The molecule has 0 aliphatic heterocycles. The summed E-state index contributed by atoms with van der Waals surface area (Å²) in [4.78, 5) is 15.9. The van der Waals surface area contributed by atoms with E-state index in [1.165, 1.54) is 18.2 Å². The molecule has 0 aliphatic carbocycles. The SMILES string of the molecule is CCOc1ccc(-c2cc(C(=O)O)c3c(F)cccc3n2)cc1. The number of pyridine rings is 1. The maximum Gasteiger partial charge on any atom is 0.336 e. The fourth-order valence-corrected chi connectivity index (χ4v) is 2.45. The Bertz CT molecular complexity index is 875. The number of nitrogens with zero attached hydrogens (tertiary/aromatic N) is 1. The van der Waals surface area contributed by atoms with Gasteiger partial charge in [-0.1, -0.05) is 6.07 Å². The Morgan fingerprint density at radius 1 is 1.22 bits per heavy atom. The highest BCUT2D eigenvalue weighted by Crippen LogP contribution is 2.27. The van der Waals surface area contributed by atoms with Crippen LogP contribution < -0.4 is 4.74 Å². The average molecular weight is 311 g/mol. The number of carboxylic acids is 1. The maximum atomic E-state index is 14.0. The number of aromatic carboxylic acids is 1. The van der Waals surface area contributed by atoms with E-state index >= 15 is 0 Å². The molecule has 3 rings (SSSR count). The van der Waals surface area contributed by atoms with Gasteiger partial charge in [-0.2, -0.15) is 0 Å². The van der Waals surface area contributed by atoms with Crippen molar-refractivity contribution in [2.75, 3.05) is 6.61 Å². The summed E-state index contributed by atoms with van der Waals surface area (Å²) in [6, 6.07) is 12.9. The number of halogens is 1. The first-order chi connectivity index (χ1) is 11.1.